The Hall–Kier alpha value is -0.580. The Labute approximate surface area is 120 Å². The van der Waals surface area contributed by atoms with E-state index in [1.165, 1.54) is 0 Å². The minimum atomic E-state index is -0.289. The molecule has 2 N–H and O–H groups in total. The Morgan fingerprint density at radius 3 is 2.94 bits per heavy atom. The van der Waals surface area contributed by atoms with Crippen LogP contribution in [-0.2, 0) is 0 Å². The van der Waals surface area contributed by atoms with Crippen molar-refractivity contribution >= 4 is 33.4 Å². The quantitative estimate of drug-likeness (QED) is 0.871. The van der Waals surface area contributed by atoms with Crippen LogP contribution < -0.4 is 5.32 Å². The van der Waals surface area contributed by atoms with Crippen LogP contribution in [0.15, 0.2) is 22.7 Å². The van der Waals surface area contributed by atoms with Crippen molar-refractivity contribution in [2.45, 2.75) is 25.4 Å². The second-order valence-corrected chi connectivity index (χ2v) is 5.90. The molecule has 1 atom stereocenters. The zero-order valence-corrected chi connectivity index (χ0v) is 12.2. The number of carbonyl (C=O) groups excluding carboxylic acids is 1. The average molecular weight is 333 g/mol. The van der Waals surface area contributed by atoms with Gasteiger partial charge in [0.15, 0.2) is 0 Å². The first-order valence-corrected chi connectivity index (χ1v) is 7.16. The first-order chi connectivity index (χ1) is 8.58. The van der Waals surface area contributed by atoms with E-state index in [9.17, 15) is 9.90 Å². The molecule has 0 heterocycles. The van der Waals surface area contributed by atoms with Crippen molar-refractivity contribution in [2.75, 3.05) is 6.54 Å². The van der Waals surface area contributed by atoms with E-state index in [1.807, 2.05) is 0 Å². The van der Waals surface area contributed by atoms with Crippen LogP contribution in [0.2, 0.25) is 5.02 Å². The summed E-state index contributed by atoms with van der Waals surface area (Å²) in [5.74, 6) is 0.237. The third kappa shape index (κ3) is 3.70. The second kappa shape index (κ2) is 6.04. The molecule has 0 saturated heterocycles. The van der Waals surface area contributed by atoms with Gasteiger partial charge in [-0.15, -0.1) is 0 Å². The predicted octanol–water partition coefficient (Wildman–Crippen LogP) is 2.99. The highest BCUT2D eigenvalue weighted by Crippen LogP contribution is 2.33. The van der Waals surface area contributed by atoms with E-state index in [1.54, 1.807) is 18.2 Å². The molecule has 18 heavy (non-hydrogen) atoms. The fraction of sp³-hybridized carbons (Fsp3) is 0.462. The minimum absolute atomic E-state index is 0.204. The topological polar surface area (TPSA) is 49.3 Å². The molecule has 1 saturated carbocycles. The van der Waals surface area contributed by atoms with Gasteiger partial charge in [-0.2, -0.15) is 0 Å². The Morgan fingerprint density at radius 2 is 2.28 bits per heavy atom. The van der Waals surface area contributed by atoms with Gasteiger partial charge < -0.3 is 10.4 Å². The second-order valence-electron chi connectivity index (χ2n) is 4.57. The Morgan fingerprint density at radius 1 is 1.56 bits per heavy atom. The lowest BCUT2D eigenvalue weighted by Crippen LogP contribution is -2.27. The lowest BCUT2D eigenvalue weighted by atomic mass is 10.1. The van der Waals surface area contributed by atoms with E-state index >= 15 is 0 Å². The van der Waals surface area contributed by atoms with Crippen molar-refractivity contribution in [3.63, 3.8) is 0 Å². The number of aliphatic hydroxyl groups excluding tert-OH is 1. The highest BCUT2D eigenvalue weighted by atomic mass is 79.9. The monoisotopic (exact) mass is 331 g/mol. The normalized spacial score (nSPS) is 16.4. The SMILES string of the molecule is O=C(NCC[C@H](O)C1CC1)c1cc(Br)ccc1Cl. The summed E-state index contributed by atoms with van der Waals surface area (Å²) in [6.45, 7) is 0.472. The van der Waals surface area contributed by atoms with Gasteiger partial charge in [-0.1, -0.05) is 27.5 Å². The van der Waals surface area contributed by atoms with E-state index in [2.05, 4.69) is 21.2 Å². The third-order valence-corrected chi connectivity index (χ3v) is 3.89. The van der Waals surface area contributed by atoms with E-state index in [0.29, 0.717) is 29.5 Å². The smallest absolute Gasteiger partial charge is 0.252 e. The van der Waals surface area contributed by atoms with Crippen molar-refractivity contribution in [2.24, 2.45) is 5.92 Å². The molecule has 1 fully saturated rings. The number of halogens is 2. The van der Waals surface area contributed by atoms with Gasteiger partial charge >= 0.3 is 0 Å². The summed E-state index contributed by atoms with van der Waals surface area (Å²) in [5.41, 5.74) is 0.451. The third-order valence-electron chi connectivity index (χ3n) is 3.06. The average Bonchev–Trinajstić information content (AvgIpc) is 3.16. The number of aliphatic hydroxyl groups is 1. The molecule has 98 valence electrons. The molecule has 1 aromatic rings. The highest BCUT2D eigenvalue weighted by molar-refractivity contribution is 9.10. The summed E-state index contributed by atoms with van der Waals surface area (Å²) in [7, 11) is 0. The number of rotatable bonds is 5. The molecule has 0 aromatic heterocycles. The van der Waals surface area contributed by atoms with E-state index in [4.69, 9.17) is 11.6 Å². The number of nitrogens with one attached hydrogen (secondary N) is 1. The molecule has 0 bridgehead atoms. The summed E-state index contributed by atoms with van der Waals surface area (Å²) in [5, 5.41) is 12.9. The molecule has 1 amide bonds. The Kier molecular flexibility index (Phi) is 4.65. The molecule has 5 heteroatoms. The predicted molar refractivity (Wildman–Crippen MR) is 74.8 cm³/mol. The summed E-state index contributed by atoms with van der Waals surface area (Å²) in [6, 6.07) is 5.16. The van der Waals surface area contributed by atoms with Crippen LogP contribution in [0.25, 0.3) is 0 Å². The highest BCUT2D eigenvalue weighted by Gasteiger charge is 2.29. The molecular formula is C13H15BrClNO2. The number of hydrogen-bond donors (Lipinski definition) is 2. The van der Waals surface area contributed by atoms with Gasteiger partial charge in [0.05, 0.1) is 16.7 Å². The molecule has 1 aliphatic rings. The maximum atomic E-state index is 11.9. The van der Waals surface area contributed by atoms with E-state index < -0.39 is 0 Å². The van der Waals surface area contributed by atoms with Crippen LogP contribution in [-0.4, -0.2) is 23.7 Å². The molecular weight excluding hydrogens is 318 g/mol. The number of carbonyl (C=O) groups is 1. The Bertz CT molecular complexity index is 449. The molecule has 0 radical (unpaired) electrons. The molecule has 2 rings (SSSR count). The van der Waals surface area contributed by atoms with Gasteiger partial charge in [0.25, 0.3) is 5.91 Å². The number of hydrogen-bond acceptors (Lipinski definition) is 2. The first-order valence-electron chi connectivity index (χ1n) is 5.99. The van der Waals surface area contributed by atoms with Crippen molar-refractivity contribution < 1.29 is 9.90 Å². The van der Waals surface area contributed by atoms with Crippen LogP contribution in [0.1, 0.15) is 29.6 Å². The largest absolute Gasteiger partial charge is 0.393 e. The lowest BCUT2D eigenvalue weighted by molar-refractivity contribution is 0.0937. The number of amides is 1. The molecule has 3 nitrogen and oxygen atoms in total. The van der Waals surface area contributed by atoms with Gasteiger partial charge in [0.1, 0.15) is 0 Å². The summed E-state index contributed by atoms with van der Waals surface area (Å²) in [4.78, 5) is 11.9. The standard InChI is InChI=1S/C13H15BrClNO2/c14-9-3-4-11(15)10(7-9)13(18)16-6-5-12(17)8-1-2-8/h3-4,7-8,12,17H,1-2,5-6H2,(H,16,18)/t12-/m0/s1. The van der Waals surface area contributed by atoms with E-state index in [-0.39, 0.29) is 12.0 Å². The summed E-state index contributed by atoms with van der Waals surface area (Å²) < 4.78 is 0.815. The van der Waals surface area contributed by atoms with Crippen molar-refractivity contribution in [3.8, 4) is 0 Å². The molecule has 0 aliphatic heterocycles. The zero-order chi connectivity index (χ0) is 13.1. The van der Waals surface area contributed by atoms with Gasteiger partial charge in [-0.3, -0.25) is 4.79 Å². The fourth-order valence-corrected chi connectivity index (χ4v) is 2.38. The van der Waals surface area contributed by atoms with Crippen LogP contribution in [0.4, 0.5) is 0 Å². The van der Waals surface area contributed by atoms with Crippen LogP contribution in [0.3, 0.4) is 0 Å². The molecule has 0 unspecified atom stereocenters. The zero-order valence-electron chi connectivity index (χ0n) is 9.83. The minimum Gasteiger partial charge on any atom is -0.393 e. The molecule has 0 spiro atoms. The Balaban J connectivity index is 1.85. The van der Waals surface area contributed by atoms with Gasteiger partial charge in [-0.25, -0.2) is 0 Å². The number of benzene rings is 1. The van der Waals surface area contributed by atoms with Gasteiger partial charge in [-0.05, 0) is 43.4 Å². The van der Waals surface area contributed by atoms with Gasteiger partial charge in [0, 0.05) is 11.0 Å². The molecule has 1 aliphatic carbocycles. The van der Waals surface area contributed by atoms with E-state index in [0.717, 1.165) is 17.3 Å². The van der Waals surface area contributed by atoms with Gasteiger partial charge in [0.2, 0.25) is 0 Å². The van der Waals surface area contributed by atoms with Crippen LogP contribution in [0.5, 0.6) is 0 Å². The lowest BCUT2D eigenvalue weighted by Gasteiger charge is -2.10. The fourth-order valence-electron chi connectivity index (χ4n) is 1.82. The van der Waals surface area contributed by atoms with Crippen molar-refractivity contribution in [1.29, 1.82) is 0 Å². The van der Waals surface area contributed by atoms with Crippen LogP contribution >= 0.6 is 27.5 Å². The maximum absolute atomic E-state index is 11.9. The van der Waals surface area contributed by atoms with Crippen molar-refractivity contribution in [3.05, 3.63) is 33.3 Å². The summed E-state index contributed by atoms with van der Waals surface area (Å²) >= 11 is 9.27. The maximum Gasteiger partial charge on any atom is 0.252 e. The first kappa shape index (κ1) is 13.8. The summed E-state index contributed by atoms with van der Waals surface area (Å²) in [6.07, 6.45) is 2.52. The molecule has 1 aromatic carbocycles. The van der Waals surface area contributed by atoms with Crippen LogP contribution in [0, 0.1) is 5.92 Å². The van der Waals surface area contributed by atoms with Crippen molar-refractivity contribution in [1.82, 2.24) is 5.32 Å².